The van der Waals surface area contributed by atoms with Gasteiger partial charge in [-0.3, -0.25) is 13.9 Å². The minimum atomic E-state index is -0.105. The van der Waals surface area contributed by atoms with Crippen molar-refractivity contribution in [2.45, 2.75) is 19.4 Å². The maximum absolute atomic E-state index is 12.2. The van der Waals surface area contributed by atoms with Crippen LogP contribution >= 0.6 is 0 Å². The Bertz CT molecular complexity index is 1220. The summed E-state index contributed by atoms with van der Waals surface area (Å²) in [6.07, 6.45) is 0.899. The number of aromatic nitrogens is 4. The number of rotatable bonds is 6. The fraction of sp³-hybridized carbons (Fsp3) is 0.238. The molecule has 0 unspecified atom stereocenters. The van der Waals surface area contributed by atoms with Gasteiger partial charge >= 0.3 is 5.69 Å². The number of carbonyl (C=O) groups excluding carboxylic acids is 1. The lowest BCUT2D eigenvalue weighted by Crippen LogP contribution is -2.23. The van der Waals surface area contributed by atoms with E-state index in [1.807, 2.05) is 48.5 Å². The number of hydrogen-bond donors (Lipinski definition) is 1. The first-order valence-electron chi connectivity index (χ1n) is 9.32. The highest BCUT2D eigenvalue weighted by atomic mass is 16.4. The molecule has 0 bridgehead atoms. The van der Waals surface area contributed by atoms with Gasteiger partial charge in [0.25, 0.3) is 0 Å². The third-order valence-corrected chi connectivity index (χ3v) is 4.90. The van der Waals surface area contributed by atoms with Crippen molar-refractivity contribution in [3.8, 4) is 11.5 Å². The number of amides is 1. The standard InChI is InChI=1S/C21H21N5O3/c1-25-16-10-8-14(12-17(16)26(2)21(25)28)9-11-18(27)22-13-19-23-24-20(29-19)15-6-4-3-5-7-15/h3-8,10,12H,9,11,13H2,1-2H3,(H,22,27). The van der Waals surface area contributed by atoms with E-state index in [-0.39, 0.29) is 18.1 Å². The van der Waals surface area contributed by atoms with Crippen LogP contribution in [0.4, 0.5) is 0 Å². The van der Waals surface area contributed by atoms with Gasteiger partial charge in [0.15, 0.2) is 0 Å². The molecule has 0 saturated carbocycles. The molecule has 2 aromatic heterocycles. The second-order valence-corrected chi connectivity index (χ2v) is 6.87. The number of fused-ring (bicyclic) bond motifs is 1. The smallest absolute Gasteiger partial charge is 0.328 e. The van der Waals surface area contributed by atoms with Crippen molar-refractivity contribution in [2.75, 3.05) is 0 Å². The average molecular weight is 391 g/mol. The summed E-state index contributed by atoms with van der Waals surface area (Å²) < 4.78 is 8.81. The number of imidazole rings is 1. The van der Waals surface area contributed by atoms with Gasteiger partial charge in [0.2, 0.25) is 17.7 Å². The molecule has 1 amide bonds. The number of nitrogens with zero attached hydrogens (tertiary/aromatic N) is 4. The Labute approximate surface area is 166 Å². The van der Waals surface area contributed by atoms with E-state index >= 15 is 0 Å². The van der Waals surface area contributed by atoms with E-state index < -0.39 is 0 Å². The average Bonchev–Trinajstić information content (AvgIpc) is 3.31. The molecule has 8 nitrogen and oxygen atoms in total. The number of nitrogens with one attached hydrogen (secondary N) is 1. The van der Waals surface area contributed by atoms with Crippen LogP contribution in [0, 0.1) is 0 Å². The van der Waals surface area contributed by atoms with Crippen molar-refractivity contribution >= 4 is 16.9 Å². The lowest BCUT2D eigenvalue weighted by atomic mass is 10.1. The fourth-order valence-electron chi connectivity index (χ4n) is 3.25. The van der Waals surface area contributed by atoms with Crippen LogP contribution in [0.1, 0.15) is 17.9 Å². The molecule has 0 spiro atoms. The van der Waals surface area contributed by atoms with Crippen LogP contribution in [0.5, 0.6) is 0 Å². The van der Waals surface area contributed by atoms with E-state index in [1.54, 1.807) is 23.2 Å². The van der Waals surface area contributed by atoms with Crippen molar-refractivity contribution in [3.05, 3.63) is 70.5 Å². The zero-order valence-electron chi connectivity index (χ0n) is 16.3. The summed E-state index contributed by atoms with van der Waals surface area (Å²) in [5, 5.41) is 10.8. The summed E-state index contributed by atoms with van der Waals surface area (Å²) in [6, 6.07) is 15.3. The van der Waals surface area contributed by atoms with Crippen LogP contribution in [0.2, 0.25) is 0 Å². The third-order valence-electron chi connectivity index (χ3n) is 4.90. The Morgan fingerprint density at radius 3 is 2.59 bits per heavy atom. The second-order valence-electron chi connectivity index (χ2n) is 6.87. The summed E-state index contributed by atoms with van der Waals surface area (Å²) in [7, 11) is 3.49. The van der Waals surface area contributed by atoms with Crippen LogP contribution in [0.3, 0.4) is 0 Å². The van der Waals surface area contributed by atoms with Crippen LogP contribution in [-0.4, -0.2) is 25.2 Å². The Hall–Kier alpha value is -3.68. The molecule has 0 saturated heterocycles. The maximum atomic E-state index is 12.2. The predicted octanol–water partition coefficient (Wildman–Crippen LogP) is 2.18. The van der Waals surface area contributed by atoms with Crippen LogP contribution in [0.25, 0.3) is 22.5 Å². The topological polar surface area (TPSA) is 95.0 Å². The molecular formula is C21H21N5O3. The molecule has 8 heteroatoms. The van der Waals surface area contributed by atoms with Gasteiger partial charge in [0.1, 0.15) is 0 Å². The minimum Gasteiger partial charge on any atom is -0.419 e. The Morgan fingerprint density at radius 2 is 1.79 bits per heavy atom. The first-order chi connectivity index (χ1) is 14.0. The Morgan fingerprint density at radius 1 is 1.03 bits per heavy atom. The summed E-state index contributed by atoms with van der Waals surface area (Å²) in [5.41, 5.74) is 3.50. The largest absolute Gasteiger partial charge is 0.419 e. The molecule has 4 aromatic rings. The van der Waals surface area contributed by atoms with Gasteiger partial charge in [-0.1, -0.05) is 24.3 Å². The van der Waals surface area contributed by atoms with Crippen molar-refractivity contribution in [1.82, 2.24) is 24.6 Å². The first-order valence-corrected chi connectivity index (χ1v) is 9.32. The monoisotopic (exact) mass is 391 g/mol. The molecule has 0 fully saturated rings. The number of aryl methyl sites for hydroxylation is 3. The van der Waals surface area contributed by atoms with E-state index in [4.69, 9.17) is 4.42 Å². The molecule has 2 heterocycles. The quantitative estimate of drug-likeness (QED) is 0.544. The third kappa shape index (κ3) is 3.82. The predicted molar refractivity (Wildman–Crippen MR) is 108 cm³/mol. The highest BCUT2D eigenvalue weighted by molar-refractivity contribution is 5.78. The first kappa shape index (κ1) is 18.7. The molecule has 0 aliphatic rings. The molecule has 0 aliphatic heterocycles. The van der Waals surface area contributed by atoms with Crippen molar-refractivity contribution in [2.24, 2.45) is 14.1 Å². The van der Waals surface area contributed by atoms with E-state index in [0.717, 1.165) is 22.2 Å². The van der Waals surface area contributed by atoms with Gasteiger partial charge in [-0.05, 0) is 36.2 Å². The van der Waals surface area contributed by atoms with Crippen molar-refractivity contribution in [1.29, 1.82) is 0 Å². The van der Waals surface area contributed by atoms with Gasteiger partial charge in [-0.2, -0.15) is 0 Å². The highest BCUT2D eigenvalue weighted by Crippen LogP contribution is 2.17. The number of hydrogen-bond acceptors (Lipinski definition) is 5. The summed E-state index contributed by atoms with van der Waals surface area (Å²) in [5.74, 6) is 0.682. The summed E-state index contributed by atoms with van der Waals surface area (Å²) in [4.78, 5) is 24.2. The highest BCUT2D eigenvalue weighted by Gasteiger charge is 2.11. The zero-order chi connectivity index (χ0) is 20.4. The maximum Gasteiger partial charge on any atom is 0.328 e. The molecule has 29 heavy (non-hydrogen) atoms. The van der Waals surface area contributed by atoms with E-state index in [0.29, 0.717) is 24.6 Å². The lowest BCUT2D eigenvalue weighted by molar-refractivity contribution is -0.121. The van der Waals surface area contributed by atoms with Gasteiger partial charge in [0.05, 0.1) is 17.6 Å². The van der Waals surface area contributed by atoms with Crippen LogP contribution in [-0.2, 0) is 31.9 Å². The molecule has 1 N–H and O–H groups in total. The van der Waals surface area contributed by atoms with Crippen molar-refractivity contribution in [3.63, 3.8) is 0 Å². The normalized spacial score (nSPS) is 11.1. The number of benzene rings is 2. The Kier molecular flexibility index (Phi) is 4.99. The summed E-state index contributed by atoms with van der Waals surface area (Å²) in [6.45, 7) is 0.185. The van der Waals surface area contributed by atoms with Gasteiger partial charge in [0, 0.05) is 26.1 Å². The molecule has 4 rings (SSSR count). The molecule has 0 atom stereocenters. The fourth-order valence-corrected chi connectivity index (χ4v) is 3.25. The minimum absolute atomic E-state index is 0.0654. The molecular weight excluding hydrogens is 370 g/mol. The molecule has 2 aromatic carbocycles. The van der Waals surface area contributed by atoms with Crippen LogP contribution in [0.15, 0.2) is 57.7 Å². The van der Waals surface area contributed by atoms with Crippen LogP contribution < -0.4 is 11.0 Å². The van der Waals surface area contributed by atoms with E-state index in [2.05, 4.69) is 15.5 Å². The Balaban J connectivity index is 1.34. The molecule has 148 valence electrons. The number of carbonyl (C=O) groups is 1. The van der Waals surface area contributed by atoms with Gasteiger partial charge in [-0.25, -0.2) is 4.79 Å². The molecule has 0 aliphatic carbocycles. The zero-order valence-corrected chi connectivity index (χ0v) is 16.3. The lowest BCUT2D eigenvalue weighted by Gasteiger charge is -2.04. The van der Waals surface area contributed by atoms with E-state index in [1.165, 1.54) is 0 Å². The second kappa shape index (κ2) is 7.75. The molecule has 0 radical (unpaired) electrons. The SMILES string of the molecule is Cn1c(=O)n(C)c2cc(CCC(=O)NCc3nnc(-c4ccccc4)o3)ccc21. The van der Waals surface area contributed by atoms with E-state index in [9.17, 15) is 9.59 Å². The van der Waals surface area contributed by atoms with Gasteiger partial charge < -0.3 is 9.73 Å². The van der Waals surface area contributed by atoms with Crippen molar-refractivity contribution < 1.29 is 9.21 Å². The summed E-state index contributed by atoms with van der Waals surface area (Å²) >= 11 is 0. The van der Waals surface area contributed by atoms with Gasteiger partial charge in [-0.15, -0.1) is 10.2 Å².